The summed E-state index contributed by atoms with van der Waals surface area (Å²) in [7, 11) is 0. The van der Waals surface area contributed by atoms with Crippen LogP contribution < -0.4 is 5.32 Å². The first-order chi connectivity index (χ1) is 15.9. The molecule has 2 amide bonds. The number of likely N-dealkylation sites (tertiary alicyclic amines) is 1. The van der Waals surface area contributed by atoms with E-state index in [0.29, 0.717) is 48.2 Å². The molecular formula is C25H24N4O4. The fourth-order valence-electron chi connectivity index (χ4n) is 3.63. The molecule has 168 valence electrons. The number of hydrogen-bond donors (Lipinski definition) is 1. The molecular weight excluding hydrogens is 420 g/mol. The number of hydrogen-bond acceptors (Lipinski definition) is 6. The number of nitrogens with one attached hydrogen (secondary N) is 1. The van der Waals surface area contributed by atoms with Crippen molar-refractivity contribution in [3.8, 4) is 12.1 Å². The molecule has 2 aromatic rings. The van der Waals surface area contributed by atoms with Crippen LogP contribution in [0, 0.1) is 28.6 Å². The SMILES string of the molecule is C[C@@H](CNC(=O)c1cccc(C#N)c1)OC(=O)C1CCN(C(=O)c2cccc(C#N)c2)CC1. The molecule has 0 bridgehead atoms. The maximum absolute atomic E-state index is 12.7. The highest BCUT2D eigenvalue weighted by Gasteiger charge is 2.29. The van der Waals surface area contributed by atoms with Crippen molar-refractivity contribution in [2.45, 2.75) is 25.9 Å². The summed E-state index contributed by atoms with van der Waals surface area (Å²) in [6.07, 6.45) is 0.458. The summed E-state index contributed by atoms with van der Waals surface area (Å²) in [4.78, 5) is 39.1. The molecule has 0 spiro atoms. The number of carbonyl (C=O) groups is 3. The van der Waals surface area contributed by atoms with E-state index < -0.39 is 6.10 Å². The van der Waals surface area contributed by atoms with Gasteiger partial charge in [-0.2, -0.15) is 10.5 Å². The minimum absolute atomic E-state index is 0.147. The number of ether oxygens (including phenoxy) is 1. The van der Waals surface area contributed by atoms with E-state index in [4.69, 9.17) is 15.3 Å². The maximum Gasteiger partial charge on any atom is 0.309 e. The van der Waals surface area contributed by atoms with Gasteiger partial charge in [0.2, 0.25) is 0 Å². The van der Waals surface area contributed by atoms with Crippen molar-refractivity contribution in [1.82, 2.24) is 10.2 Å². The third-order valence-electron chi connectivity index (χ3n) is 5.48. The van der Waals surface area contributed by atoms with Crippen LogP contribution in [-0.2, 0) is 9.53 Å². The molecule has 0 aromatic heterocycles. The van der Waals surface area contributed by atoms with Crippen molar-refractivity contribution >= 4 is 17.8 Å². The van der Waals surface area contributed by atoms with Gasteiger partial charge in [-0.05, 0) is 56.2 Å². The van der Waals surface area contributed by atoms with Crippen molar-refractivity contribution < 1.29 is 19.1 Å². The van der Waals surface area contributed by atoms with Crippen LogP contribution in [0.5, 0.6) is 0 Å². The van der Waals surface area contributed by atoms with E-state index in [9.17, 15) is 14.4 Å². The first-order valence-electron chi connectivity index (χ1n) is 10.7. The highest BCUT2D eigenvalue weighted by Crippen LogP contribution is 2.21. The summed E-state index contributed by atoms with van der Waals surface area (Å²) in [5.74, 6) is -1.16. The second kappa shape index (κ2) is 10.9. The van der Waals surface area contributed by atoms with E-state index in [-0.39, 0.29) is 30.2 Å². The van der Waals surface area contributed by atoms with Gasteiger partial charge in [-0.15, -0.1) is 0 Å². The van der Waals surface area contributed by atoms with Gasteiger partial charge in [-0.3, -0.25) is 14.4 Å². The van der Waals surface area contributed by atoms with Gasteiger partial charge in [0.15, 0.2) is 0 Å². The molecule has 0 aliphatic carbocycles. The number of piperidine rings is 1. The topological polar surface area (TPSA) is 123 Å². The lowest BCUT2D eigenvalue weighted by Gasteiger charge is -2.31. The number of nitriles is 2. The number of benzene rings is 2. The Morgan fingerprint density at radius 3 is 2.21 bits per heavy atom. The van der Waals surface area contributed by atoms with Gasteiger partial charge in [0.05, 0.1) is 35.7 Å². The molecule has 0 saturated carbocycles. The number of rotatable bonds is 6. The van der Waals surface area contributed by atoms with Gasteiger partial charge < -0.3 is 15.0 Å². The fourth-order valence-corrected chi connectivity index (χ4v) is 3.63. The first kappa shape index (κ1) is 23.5. The number of esters is 1. The predicted octanol–water partition coefficient (Wildman–Crippen LogP) is 2.64. The molecule has 1 N–H and O–H groups in total. The Balaban J connectivity index is 1.44. The number of amides is 2. The lowest BCUT2D eigenvalue weighted by atomic mass is 9.96. The van der Waals surface area contributed by atoms with Gasteiger partial charge in [-0.25, -0.2) is 0 Å². The van der Waals surface area contributed by atoms with Crippen molar-refractivity contribution in [3.63, 3.8) is 0 Å². The highest BCUT2D eigenvalue weighted by molar-refractivity contribution is 5.95. The zero-order chi connectivity index (χ0) is 23.8. The maximum atomic E-state index is 12.7. The van der Waals surface area contributed by atoms with Crippen molar-refractivity contribution in [1.29, 1.82) is 10.5 Å². The minimum Gasteiger partial charge on any atom is -0.461 e. The second-order valence-corrected chi connectivity index (χ2v) is 7.91. The highest BCUT2D eigenvalue weighted by atomic mass is 16.5. The summed E-state index contributed by atoms with van der Waals surface area (Å²) in [5.41, 5.74) is 1.65. The zero-order valence-corrected chi connectivity index (χ0v) is 18.3. The molecule has 1 saturated heterocycles. The van der Waals surface area contributed by atoms with Crippen LogP contribution in [0.2, 0.25) is 0 Å². The average molecular weight is 444 g/mol. The van der Waals surface area contributed by atoms with E-state index in [2.05, 4.69) is 5.32 Å². The molecule has 1 aliphatic rings. The minimum atomic E-state index is -0.519. The van der Waals surface area contributed by atoms with E-state index in [1.807, 2.05) is 12.1 Å². The molecule has 8 nitrogen and oxygen atoms in total. The van der Waals surface area contributed by atoms with Gasteiger partial charge in [0.25, 0.3) is 11.8 Å². The Bertz CT molecular complexity index is 1120. The number of nitrogens with zero attached hydrogens (tertiary/aromatic N) is 3. The average Bonchev–Trinajstić information content (AvgIpc) is 2.86. The summed E-state index contributed by atoms with van der Waals surface area (Å²) in [6, 6.07) is 16.9. The second-order valence-electron chi connectivity index (χ2n) is 7.91. The van der Waals surface area contributed by atoms with E-state index in [1.54, 1.807) is 54.3 Å². The molecule has 3 rings (SSSR count). The fraction of sp³-hybridized carbons (Fsp3) is 0.320. The molecule has 1 aliphatic heterocycles. The predicted molar refractivity (Wildman–Crippen MR) is 119 cm³/mol. The molecule has 1 atom stereocenters. The molecule has 8 heteroatoms. The van der Waals surface area contributed by atoms with Crippen LogP contribution >= 0.6 is 0 Å². The molecule has 0 unspecified atom stereocenters. The normalized spacial score (nSPS) is 14.5. The summed E-state index contributed by atoms with van der Waals surface area (Å²) < 4.78 is 5.49. The van der Waals surface area contributed by atoms with E-state index >= 15 is 0 Å². The van der Waals surface area contributed by atoms with Crippen LogP contribution in [-0.4, -0.2) is 48.4 Å². The lowest BCUT2D eigenvalue weighted by molar-refractivity contribution is -0.154. The summed E-state index contributed by atoms with van der Waals surface area (Å²) >= 11 is 0. The lowest BCUT2D eigenvalue weighted by Crippen LogP contribution is -2.41. The van der Waals surface area contributed by atoms with E-state index in [0.717, 1.165) is 0 Å². The largest absolute Gasteiger partial charge is 0.461 e. The standard InChI is InChI=1S/C25H24N4O4/c1-17(16-28-23(30)21-6-2-4-18(12-21)14-26)33-25(32)20-8-10-29(11-9-20)24(31)22-7-3-5-19(13-22)15-27/h2-7,12-13,17,20H,8-11,16H2,1H3,(H,28,30)/t17-/m0/s1. The van der Waals surface area contributed by atoms with Crippen molar-refractivity contribution in [3.05, 3.63) is 70.8 Å². The van der Waals surface area contributed by atoms with E-state index in [1.165, 1.54) is 6.07 Å². The van der Waals surface area contributed by atoms with Crippen LogP contribution in [0.3, 0.4) is 0 Å². The Morgan fingerprint density at radius 2 is 1.61 bits per heavy atom. The summed E-state index contributed by atoms with van der Waals surface area (Å²) in [6.45, 7) is 2.70. The van der Waals surface area contributed by atoms with Gasteiger partial charge >= 0.3 is 5.97 Å². The van der Waals surface area contributed by atoms with Crippen molar-refractivity contribution in [2.75, 3.05) is 19.6 Å². The van der Waals surface area contributed by atoms with Crippen molar-refractivity contribution in [2.24, 2.45) is 5.92 Å². The smallest absolute Gasteiger partial charge is 0.309 e. The first-order valence-corrected chi connectivity index (χ1v) is 10.7. The third-order valence-corrected chi connectivity index (χ3v) is 5.48. The molecule has 33 heavy (non-hydrogen) atoms. The quantitative estimate of drug-likeness (QED) is 0.683. The third kappa shape index (κ3) is 6.18. The zero-order valence-electron chi connectivity index (χ0n) is 18.3. The summed E-state index contributed by atoms with van der Waals surface area (Å²) in [5, 5.41) is 20.7. The monoisotopic (exact) mass is 444 g/mol. The molecule has 2 aromatic carbocycles. The Kier molecular flexibility index (Phi) is 7.77. The van der Waals surface area contributed by atoms with Gasteiger partial charge in [-0.1, -0.05) is 12.1 Å². The van der Waals surface area contributed by atoms with Crippen LogP contribution in [0.1, 0.15) is 51.6 Å². The Hall–Kier alpha value is -4.17. The van der Waals surface area contributed by atoms with Gasteiger partial charge in [0.1, 0.15) is 6.10 Å². The number of carbonyl (C=O) groups excluding carboxylic acids is 3. The van der Waals surface area contributed by atoms with Crippen LogP contribution in [0.25, 0.3) is 0 Å². The Morgan fingerprint density at radius 1 is 1.03 bits per heavy atom. The van der Waals surface area contributed by atoms with Crippen LogP contribution in [0.15, 0.2) is 48.5 Å². The molecule has 1 heterocycles. The Labute approximate surface area is 192 Å². The van der Waals surface area contributed by atoms with Gasteiger partial charge in [0, 0.05) is 24.2 Å². The van der Waals surface area contributed by atoms with Crippen LogP contribution in [0.4, 0.5) is 0 Å². The molecule has 0 radical (unpaired) electrons. The molecule has 1 fully saturated rings.